The first kappa shape index (κ1) is 20.3. The molecule has 1 aromatic rings. The van der Waals surface area contributed by atoms with Gasteiger partial charge in [-0.2, -0.15) is 0 Å². The lowest BCUT2D eigenvalue weighted by molar-refractivity contribution is -0.171. The van der Waals surface area contributed by atoms with Crippen molar-refractivity contribution in [1.82, 2.24) is 0 Å². The topological polar surface area (TPSA) is 66.8 Å². The summed E-state index contributed by atoms with van der Waals surface area (Å²) in [6, 6.07) is 5.68. The van der Waals surface area contributed by atoms with Gasteiger partial charge in [-0.05, 0) is 29.5 Å². The lowest BCUT2D eigenvalue weighted by Gasteiger charge is -2.43. The number of aliphatic carboxylic acids is 1. The van der Waals surface area contributed by atoms with Crippen molar-refractivity contribution in [3.8, 4) is 0 Å². The van der Waals surface area contributed by atoms with Crippen LogP contribution in [0.2, 0.25) is 0 Å². The minimum absolute atomic E-state index is 0.0885. The number of rotatable bonds is 7. The lowest BCUT2D eigenvalue weighted by Crippen LogP contribution is -2.50. The van der Waals surface area contributed by atoms with Gasteiger partial charge < -0.3 is 14.9 Å². The molecule has 0 aliphatic heterocycles. The van der Waals surface area contributed by atoms with Crippen LogP contribution in [0.5, 0.6) is 0 Å². The molecule has 1 aliphatic carbocycles. The van der Waals surface area contributed by atoms with E-state index >= 15 is 4.39 Å². The number of aliphatic hydroxyl groups is 1. The number of halogens is 2. The molecule has 0 radical (unpaired) electrons. The zero-order chi connectivity index (χ0) is 19.6. The van der Waals surface area contributed by atoms with Gasteiger partial charge in [0.15, 0.2) is 5.60 Å². The Bertz CT molecular complexity index is 728. The molecule has 2 rings (SSSR count). The summed E-state index contributed by atoms with van der Waals surface area (Å²) in [6.45, 7) is 3.31. The Morgan fingerprint density at radius 3 is 2.54 bits per heavy atom. The van der Waals surface area contributed by atoms with Crippen LogP contribution in [-0.2, 0) is 16.0 Å². The van der Waals surface area contributed by atoms with E-state index in [1.54, 1.807) is 32.1 Å². The summed E-state index contributed by atoms with van der Waals surface area (Å²) in [7, 11) is 1.23. The molecule has 1 aromatic carbocycles. The highest BCUT2D eigenvalue weighted by Crippen LogP contribution is 2.46. The molecule has 142 valence electrons. The number of carbonyl (C=O) groups is 1. The van der Waals surface area contributed by atoms with E-state index in [9.17, 15) is 19.4 Å². The number of allylic oxidation sites excluding steroid dienone is 2. The molecule has 0 saturated heterocycles. The number of ether oxygens (including phenoxy) is 1. The van der Waals surface area contributed by atoms with E-state index in [4.69, 9.17) is 4.74 Å². The Morgan fingerprint density at radius 2 is 1.96 bits per heavy atom. The van der Waals surface area contributed by atoms with Crippen LogP contribution >= 0.6 is 0 Å². The van der Waals surface area contributed by atoms with Crippen LogP contribution < -0.4 is 0 Å². The number of hydrogen-bond donors (Lipinski definition) is 2. The molecule has 0 bridgehead atoms. The van der Waals surface area contributed by atoms with Crippen molar-refractivity contribution in [3.63, 3.8) is 0 Å². The van der Waals surface area contributed by atoms with Gasteiger partial charge in [0.25, 0.3) is 0 Å². The number of hydrogen-bond acceptors (Lipinski definition) is 3. The highest BCUT2D eigenvalue weighted by atomic mass is 19.2. The Labute approximate surface area is 151 Å². The van der Waals surface area contributed by atoms with Crippen LogP contribution in [0.15, 0.2) is 48.6 Å². The van der Waals surface area contributed by atoms with Crippen LogP contribution in [0.4, 0.5) is 8.78 Å². The van der Waals surface area contributed by atoms with Crippen molar-refractivity contribution in [2.24, 2.45) is 11.3 Å². The molecule has 26 heavy (non-hydrogen) atoms. The van der Waals surface area contributed by atoms with Crippen LogP contribution in [0, 0.1) is 17.2 Å². The summed E-state index contributed by atoms with van der Waals surface area (Å²) < 4.78 is 34.0. The second-order valence-corrected chi connectivity index (χ2v) is 7.39. The number of alkyl halides is 1. The Morgan fingerprint density at radius 1 is 1.31 bits per heavy atom. The first-order valence-corrected chi connectivity index (χ1v) is 8.33. The Balaban J connectivity index is 2.33. The molecular weight excluding hydrogens is 342 g/mol. The first-order chi connectivity index (χ1) is 12.0. The molecule has 3 atom stereocenters. The second kappa shape index (κ2) is 7.29. The molecule has 4 nitrogen and oxygen atoms in total. The smallest absolute Gasteiger partial charge is 0.336 e. The van der Waals surface area contributed by atoms with Crippen molar-refractivity contribution in [3.05, 3.63) is 60.0 Å². The molecule has 2 N–H and O–H groups in total. The maximum absolute atomic E-state index is 15.1. The van der Waals surface area contributed by atoms with Gasteiger partial charge in [0.05, 0.1) is 0 Å². The van der Waals surface area contributed by atoms with Gasteiger partial charge in [0.1, 0.15) is 5.82 Å². The van der Waals surface area contributed by atoms with Crippen molar-refractivity contribution in [1.29, 1.82) is 0 Å². The third-order valence-electron chi connectivity index (χ3n) is 4.90. The van der Waals surface area contributed by atoms with Gasteiger partial charge >= 0.3 is 5.97 Å². The van der Waals surface area contributed by atoms with Crippen LogP contribution in [-0.4, -0.2) is 34.7 Å². The normalized spacial score (nSPS) is 25.1. The fraction of sp³-hybridized carbons (Fsp3) is 0.450. The number of carboxylic acid groups (broad SMARTS) is 1. The minimum atomic E-state index is -2.25. The van der Waals surface area contributed by atoms with Crippen molar-refractivity contribution in [2.45, 2.75) is 38.1 Å². The van der Waals surface area contributed by atoms with E-state index in [1.165, 1.54) is 37.5 Å². The van der Waals surface area contributed by atoms with E-state index in [2.05, 4.69) is 0 Å². The van der Waals surface area contributed by atoms with E-state index in [0.29, 0.717) is 0 Å². The molecular formula is C20H24F2O4. The van der Waals surface area contributed by atoms with E-state index in [0.717, 1.165) is 0 Å². The quantitative estimate of drug-likeness (QED) is 0.773. The number of benzene rings is 1. The largest absolute Gasteiger partial charge is 0.479 e. The zero-order valence-corrected chi connectivity index (χ0v) is 15.1. The standard InChI is InChI=1S/C20H24F2O4/c1-18(2,16-10-6-7-11-20(16,22)26-3)13-19(25,17(23)24)12-14-8-4-5-9-15(14)21/h4-11,16,25H,12-13H2,1-3H3,(H,23,24). The molecule has 0 fully saturated rings. The van der Waals surface area contributed by atoms with Gasteiger partial charge in [-0.3, -0.25) is 0 Å². The maximum Gasteiger partial charge on any atom is 0.336 e. The summed E-state index contributed by atoms with van der Waals surface area (Å²) in [5.74, 6) is -5.01. The van der Waals surface area contributed by atoms with Gasteiger partial charge in [-0.1, -0.05) is 50.3 Å². The van der Waals surface area contributed by atoms with Crippen LogP contribution in [0.3, 0.4) is 0 Å². The molecule has 0 aromatic heterocycles. The van der Waals surface area contributed by atoms with Crippen LogP contribution in [0.25, 0.3) is 0 Å². The predicted octanol–water partition coefficient (Wildman–Crippen LogP) is 3.65. The number of methoxy groups -OCH3 is 1. The predicted molar refractivity (Wildman–Crippen MR) is 93.7 cm³/mol. The van der Waals surface area contributed by atoms with Gasteiger partial charge in [-0.25, -0.2) is 13.6 Å². The van der Waals surface area contributed by atoms with Crippen molar-refractivity contribution in [2.75, 3.05) is 7.11 Å². The molecule has 0 heterocycles. The lowest BCUT2D eigenvalue weighted by atomic mass is 9.66. The van der Waals surface area contributed by atoms with Crippen molar-refractivity contribution < 1.29 is 28.5 Å². The third-order valence-corrected chi connectivity index (χ3v) is 4.90. The van der Waals surface area contributed by atoms with Gasteiger partial charge in [0.2, 0.25) is 5.85 Å². The van der Waals surface area contributed by atoms with Gasteiger partial charge in [0, 0.05) is 19.4 Å². The summed E-state index contributed by atoms with van der Waals surface area (Å²) >= 11 is 0. The monoisotopic (exact) mass is 366 g/mol. The first-order valence-electron chi connectivity index (χ1n) is 8.33. The highest BCUT2D eigenvalue weighted by molar-refractivity contribution is 5.77. The molecule has 0 saturated carbocycles. The fourth-order valence-corrected chi connectivity index (χ4v) is 3.62. The molecule has 0 spiro atoms. The van der Waals surface area contributed by atoms with Crippen molar-refractivity contribution >= 4 is 5.97 Å². The van der Waals surface area contributed by atoms with Crippen LogP contribution in [0.1, 0.15) is 25.8 Å². The average Bonchev–Trinajstić information content (AvgIpc) is 2.56. The Kier molecular flexibility index (Phi) is 5.68. The summed E-state index contributed by atoms with van der Waals surface area (Å²) in [4.78, 5) is 11.8. The van der Waals surface area contributed by atoms with E-state index in [1.807, 2.05) is 0 Å². The summed E-state index contributed by atoms with van der Waals surface area (Å²) in [5, 5.41) is 20.4. The van der Waals surface area contributed by atoms with Gasteiger partial charge in [-0.15, -0.1) is 0 Å². The summed E-state index contributed by atoms with van der Waals surface area (Å²) in [5.41, 5.74) is -3.16. The van der Waals surface area contributed by atoms with E-state index in [-0.39, 0.29) is 12.0 Å². The third kappa shape index (κ3) is 4.02. The Hall–Kier alpha value is -2.05. The highest BCUT2D eigenvalue weighted by Gasteiger charge is 2.51. The molecule has 3 unspecified atom stereocenters. The molecule has 1 aliphatic rings. The molecule has 0 amide bonds. The summed E-state index contributed by atoms with van der Waals surface area (Å²) in [6.07, 6.45) is 5.31. The minimum Gasteiger partial charge on any atom is -0.479 e. The second-order valence-electron chi connectivity index (χ2n) is 7.39. The average molecular weight is 366 g/mol. The maximum atomic E-state index is 15.1. The SMILES string of the molecule is COC1(F)C=CC=CC1C(C)(C)CC(O)(Cc1ccccc1F)C(=O)O. The fourth-order valence-electron chi connectivity index (χ4n) is 3.62. The zero-order valence-electron chi connectivity index (χ0n) is 15.1. The number of carboxylic acids is 1. The van der Waals surface area contributed by atoms with E-state index < -0.39 is 41.0 Å². The molecule has 6 heteroatoms.